The molecule has 0 spiro atoms. The summed E-state index contributed by atoms with van der Waals surface area (Å²) in [7, 11) is 0. The molecule has 1 aromatic carbocycles. The second kappa shape index (κ2) is 11.1. The Kier molecular flexibility index (Phi) is 7.99. The molecule has 3 amide bonds. The number of hydrogen-bond acceptors (Lipinski definition) is 5. The molecule has 0 atom stereocenters. The van der Waals surface area contributed by atoms with Gasteiger partial charge in [-0.2, -0.15) is 0 Å². The Labute approximate surface area is 174 Å². The van der Waals surface area contributed by atoms with E-state index in [4.69, 9.17) is 9.15 Å². The molecule has 1 aliphatic heterocycles. The number of morpholine rings is 1. The maximum atomic E-state index is 12.1. The largest absolute Gasteiger partial charge is 0.459 e. The monoisotopic (exact) mass is 415 g/mol. The molecular formula is C21H27N4O5+. The van der Waals surface area contributed by atoms with Crippen molar-refractivity contribution in [1.29, 1.82) is 0 Å². The van der Waals surface area contributed by atoms with Crippen molar-refractivity contribution in [1.82, 2.24) is 16.0 Å². The third-order valence-corrected chi connectivity index (χ3v) is 4.84. The van der Waals surface area contributed by atoms with Gasteiger partial charge in [0.2, 0.25) is 11.8 Å². The summed E-state index contributed by atoms with van der Waals surface area (Å²) in [6.07, 6.45) is 1.37. The van der Waals surface area contributed by atoms with E-state index in [1.807, 2.05) is 18.2 Å². The number of nitrogens with one attached hydrogen (secondary N) is 4. The second-order valence-corrected chi connectivity index (χ2v) is 7.02. The van der Waals surface area contributed by atoms with E-state index in [0.29, 0.717) is 6.54 Å². The predicted octanol–water partition coefficient (Wildman–Crippen LogP) is -1.14. The van der Waals surface area contributed by atoms with Gasteiger partial charge < -0.3 is 30.0 Å². The first-order chi connectivity index (χ1) is 14.6. The van der Waals surface area contributed by atoms with Crippen LogP contribution in [0.2, 0.25) is 0 Å². The molecule has 160 valence electrons. The van der Waals surface area contributed by atoms with Crippen LogP contribution in [0.4, 0.5) is 0 Å². The number of carbonyl (C=O) groups excluding carboxylic acids is 3. The highest BCUT2D eigenvalue weighted by molar-refractivity contribution is 5.94. The Hall–Kier alpha value is -3.17. The summed E-state index contributed by atoms with van der Waals surface area (Å²) in [6, 6.07) is 11.1. The molecule has 0 aliphatic carbocycles. The quantitative estimate of drug-likeness (QED) is 0.413. The van der Waals surface area contributed by atoms with Crippen LogP contribution < -0.4 is 20.9 Å². The highest BCUT2D eigenvalue weighted by Gasteiger charge is 2.16. The Morgan fingerprint density at radius 2 is 1.57 bits per heavy atom. The summed E-state index contributed by atoms with van der Waals surface area (Å²) in [5, 5.41) is 7.74. The van der Waals surface area contributed by atoms with Crippen molar-refractivity contribution in [2.75, 3.05) is 39.4 Å². The van der Waals surface area contributed by atoms with Gasteiger partial charge in [-0.25, -0.2) is 0 Å². The van der Waals surface area contributed by atoms with Crippen LogP contribution in [0.15, 0.2) is 47.1 Å². The van der Waals surface area contributed by atoms with E-state index in [1.54, 1.807) is 6.07 Å². The summed E-state index contributed by atoms with van der Waals surface area (Å²) in [6.45, 7) is 4.38. The standard InChI is InChI=1S/C21H26N4O5/c26-19(13-23-20(27)14-24-21(28)18-6-3-9-30-18)22-12-16-4-1-2-5-17(16)15-25-7-10-29-11-8-25/h1-6,9H,7-8,10-15H2,(H,22,26)(H,23,27)(H,24,28)/p+1. The van der Waals surface area contributed by atoms with E-state index in [1.165, 1.54) is 22.8 Å². The van der Waals surface area contributed by atoms with Crippen molar-refractivity contribution in [2.24, 2.45) is 0 Å². The molecule has 3 rings (SSSR count). The van der Waals surface area contributed by atoms with Crippen molar-refractivity contribution >= 4 is 17.7 Å². The zero-order valence-corrected chi connectivity index (χ0v) is 16.7. The molecule has 1 aliphatic rings. The van der Waals surface area contributed by atoms with Gasteiger partial charge in [0.15, 0.2) is 5.76 Å². The number of carbonyl (C=O) groups is 3. The lowest BCUT2D eigenvalue weighted by molar-refractivity contribution is -0.921. The summed E-state index contributed by atoms with van der Waals surface area (Å²) in [4.78, 5) is 37.1. The average molecular weight is 415 g/mol. The van der Waals surface area contributed by atoms with Gasteiger partial charge in [0, 0.05) is 12.1 Å². The van der Waals surface area contributed by atoms with Gasteiger partial charge in [0.25, 0.3) is 5.91 Å². The van der Waals surface area contributed by atoms with E-state index in [-0.39, 0.29) is 24.8 Å². The molecule has 0 radical (unpaired) electrons. The molecule has 2 heterocycles. The van der Waals surface area contributed by atoms with Crippen LogP contribution in [-0.2, 0) is 27.4 Å². The van der Waals surface area contributed by atoms with Crippen molar-refractivity contribution in [3.63, 3.8) is 0 Å². The predicted molar refractivity (Wildman–Crippen MR) is 108 cm³/mol. The smallest absolute Gasteiger partial charge is 0.287 e. The number of benzene rings is 1. The normalized spacial score (nSPS) is 14.1. The number of rotatable bonds is 9. The third-order valence-electron chi connectivity index (χ3n) is 4.84. The lowest BCUT2D eigenvalue weighted by Crippen LogP contribution is -3.12. The molecule has 30 heavy (non-hydrogen) atoms. The lowest BCUT2D eigenvalue weighted by atomic mass is 10.1. The van der Waals surface area contributed by atoms with Crippen LogP contribution >= 0.6 is 0 Å². The Morgan fingerprint density at radius 3 is 2.30 bits per heavy atom. The summed E-state index contributed by atoms with van der Waals surface area (Å²) < 4.78 is 10.3. The molecule has 0 saturated carbocycles. The van der Waals surface area contributed by atoms with Gasteiger partial charge in [0.1, 0.15) is 19.6 Å². The number of amides is 3. The molecule has 2 aromatic rings. The Morgan fingerprint density at radius 1 is 0.867 bits per heavy atom. The first kappa shape index (κ1) is 21.5. The van der Waals surface area contributed by atoms with Crippen molar-refractivity contribution in [3.05, 3.63) is 59.5 Å². The van der Waals surface area contributed by atoms with Crippen molar-refractivity contribution < 1.29 is 28.4 Å². The molecule has 4 N–H and O–H groups in total. The molecule has 1 saturated heterocycles. The van der Waals surface area contributed by atoms with Crippen LogP contribution in [0.3, 0.4) is 0 Å². The van der Waals surface area contributed by atoms with E-state index in [9.17, 15) is 14.4 Å². The molecule has 9 nitrogen and oxygen atoms in total. The van der Waals surface area contributed by atoms with Crippen molar-refractivity contribution in [2.45, 2.75) is 13.1 Å². The number of ether oxygens (including phenoxy) is 1. The molecule has 0 bridgehead atoms. The second-order valence-electron chi connectivity index (χ2n) is 7.02. The third kappa shape index (κ3) is 6.71. The van der Waals surface area contributed by atoms with Gasteiger partial charge >= 0.3 is 0 Å². The fourth-order valence-corrected chi connectivity index (χ4v) is 3.16. The van der Waals surface area contributed by atoms with Crippen LogP contribution in [0.1, 0.15) is 21.7 Å². The lowest BCUT2D eigenvalue weighted by Gasteiger charge is -2.24. The summed E-state index contributed by atoms with van der Waals surface area (Å²) in [5.41, 5.74) is 2.25. The number of quaternary nitrogens is 1. The van der Waals surface area contributed by atoms with Gasteiger partial charge in [0.05, 0.1) is 32.6 Å². The van der Waals surface area contributed by atoms with Gasteiger partial charge in [-0.15, -0.1) is 0 Å². The minimum absolute atomic E-state index is 0.123. The van der Waals surface area contributed by atoms with Crippen LogP contribution in [0.5, 0.6) is 0 Å². The molecule has 9 heteroatoms. The number of hydrogen-bond donors (Lipinski definition) is 4. The van der Waals surface area contributed by atoms with Crippen molar-refractivity contribution in [3.8, 4) is 0 Å². The van der Waals surface area contributed by atoms with Gasteiger partial charge in [-0.1, -0.05) is 24.3 Å². The van der Waals surface area contributed by atoms with Crippen LogP contribution in [0, 0.1) is 0 Å². The minimum Gasteiger partial charge on any atom is -0.459 e. The van der Waals surface area contributed by atoms with Crippen LogP contribution in [-0.4, -0.2) is 57.1 Å². The zero-order chi connectivity index (χ0) is 21.2. The highest BCUT2D eigenvalue weighted by atomic mass is 16.5. The fourth-order valence-electron chi connectivity index (χ4n) is 3.16. The Bertz CT molecular complexity index is 847. The molecule has 1 aromatic heterocycles. The van der Waals surface area contributed by atoms with Gasteiger partial charge in [-0.05, 0) is 17.7 Å². The highest BCUT2D eigenvalue weighted by Crippen LogP contribution is 2.07. The summed E-state index contributed by atoms with van der Waals surface area (Å²) >= 11 is 0. The van der Waals surface area contributed by atoms with E-state index < -0.39 is 11.8 Å². The fraction of sp³-hybridized carbons (Fsp3) is 0.381. The number of furan rings is 1. The molecule has 0 unspecified atom stereocenters. The first-order valence-electron chi connectivity index (χ1n) is 9.95. The molecule has 1 fully saturated rings. The maximum Gasteiger partial charge on any atom is 0.287 e. The average Bonchev–Trinajstić information content (AvgIpc) is 3.31. The van der Waals surface area contributed by atoms with Crippen LogP contribution in [0.25, 0.3) is 0 Å². The topological polar surface area (TPSA) is 114 Å². The van der Waals surface area contributed by atoms with E-state index in [0.717, 1.165) is 38.4 Å². The van der Waals surface area contributed by atoms with E-state index >= 15 is 0 Å². The zero-order valence-electron chi connectivity index (χ0n) is 16.7. The summed E-state index contributed by atoms with van der Waals surface area (Å²) in [5.74, 6) is -1.12. The Balaban J connectivity index is 1.38. The maximum absolute atomic E-state index is 12.1. The van der Waals surface area contributed by atoms with Gasteiger partial charge in [-0.3, -0.25) is 14.4 Å². The first-order valence-corrected chi connectivity index (χ1v) is 9.95. The van der Waals surface area contributed by atoms with E-state index in [2.05, 4.69) is 22.0 Å². The molecular weight excluding hydrogens is 388 g/mol. The minimum atomic E-state index is -0.487. The SMILES string of the molecule is O=C(CNC(=O)CNC(=O)c1ccco1)NCc1ccccc1C[NH+]1CCOCC1.